The average Bonchev–Trinajstić information content (AvgIpc) is 2.85. The third-order valence-electron chi connectivity index (χ3n) is 2.85. The first kappa shape index (κ1) is 12.6. The molecule has 0 aliphatic carbocycles. The molecule has 1 aromatic heterocycles. The minimum atomic E-state index is 0.129. The second-order valence-electron chi connectivity index (χ2n) is 4.00. The molecule has 2 rings (SSSR count). The van der Waals surface area contributed by atoms with Crippen LogP contribution in [0.1, 0.15) is 18.3 Å². The van der Waals surface area contributed by atoms with E-state index in [4.69, 9.17) is 9.84 Å². The van der Waals surface area contributed by atoms with E-state index in [9.17, 15) is 0 Å². The normalized spacial score (nSPS) is 10.6. The summed E-state index contributed by atoms with van der Waals surface area (Å²) < 4.78 is 7.83. The molecule has 18 heavy (non-hydrogen) atoms. The van der Waals surface area contributed by atoms with E-state index < -0.39 is 0 Å². The molecule has 96 valence electrons. The van der Waals surface area contributed by atoms with Crippen molar-refractivity contribution in [2.75, 3.05) is 6.61 Å². The number of hydrogen-bond donors (Lipinski definition) is 1. The second-order valence-corrected chi connectivity index (χ2v) is 4.00. The summed E-state index contributed by atoms with van der Waals surface area (Å²) in [6.07, 6.45) is 4.33. The molecule has 4 nitrogen and oxygen atoms in total. The van der Waals surface area contributed by atoms with Crippen molar-refractivity contribution in [2.45, 2.75) is 26.5 Å². The predicted octanol–water partition coefficient (Wildman–Crippen LogP) is 2.02. The molecule has 0 fully saturated rings. The van der Waals surface area contributed by atoms with Crippen molar-refractivity contribution in [3.63, 3.8) is 0 Å². The molecule has 4 heteroatoms. The number of hydrogen-bond acceptors (Lipinski definition) is 3. The molecule has 0 bridgehead atoms. The summed E-state index contributed by atoms with van der Waals surface area (Å²) in [6, 6.07) is 7.77. The Balaban J connectivity index is 2.06. The zero-order chi connectivity index (χ0) is 12.8. The minimum Gasteiger partial charge on any atom is -0.485 e. The van der Waals surface area contributed by atoms with E-state index in [1.165, 1.54) is 0 Å². The molecule has 2 aromatic rings. The van der Waals surface area contributed by atoms with E-state index in [0.717, 1.165) is 23.7 Å². The van der Waals surface area contributed by atoms with Crippen molar-refractivity contribution < 1.29 is 9.84 Å². The fourth-order valence-corrected chi connectivity index (χ4v) is 1.88. The van der Waals surface area contributed by atoms with Crippen LogP contribution in [-0.4, -0.2) is 21.3 Å². The van der Waals surface area contributed by atoms with Crippen LogP contribution in [0.4, 0.5) is 0 Å². The van der Waals surface area contributed by atoms with Crippen LogP contribution >= 0.6 is 0 Å². The van der Waals surface area contributed by atoms with Gasteiger partial charge in [-0.15, -0.1) is 0 Å². The third-order valence-corrected chi connectivity index (χ3v) is 2.85. The van der Waals surface area contributed by atoms with Crippen LogP contribution in [0, 0.1) is 0 Å². The Labute approximate surface area is 107 Å². The van der Waals surface area contributed by atoms with E-state index in [-0.39, 0.29) is 6.61 Å². The van der Waals surface area contributed by atoms with Gasteiger partial charge >= 0.3 is 0 Å². The molecule has 0 saturated carbocycles. The fraction of sp³-hybridized carbons (Fsp3) is 0.357. The number of aliphatic hydroxyl groups excluding tert-OH is 1. The maximum absolute atomic E-state index is 9.01. The highest BCUT2D eigenvalue weighted by Gasteiger charge is 2.05. The molecule has 1 aromatic carbocycles. The van der Waals surface area contributed by atoms with E-state index >= 15 is 0 Å². The van der Waals surface area contributed by atoms with Crippen LogP contribution in [0.15, 0.2) is 36.7 Å². The summed E-state index contributed by atoms with van der Waals surface area (Å²) in [5.41, 5.74) is 1.02. The lowest BCUT2D eigenvalue weighted by molar-refractivity contribution is 0.275. The van der Waals surface area contributed by atoms with Crippen LogP contribution in [0.5, 0.6) is 5.75 Å². The molecule has 1 N–H and O–H groups in total. The Bertz CT molecular complexity index is 494. The number of nitrogens with zero attached hydrogens (tertiary/aromatic N) is 2. The van der Waals surface area contributed by atoms with Gasteiger partial charge in [0.1, 0.15) is 18.2 Å². The SMILES string of the molecule is CCn1ccnc1COc1ccccc1CCO. The van der Waals surface area contributed by atoms with Gasteiger partial charge in [-0.05, 0) is 25.0 Å². The maximum Gasteiger partial charge on any atom is 0.146 e. The summed E-state index contributed by atoms with van der Waals surface area (Å²) in [7, 11) is 0. The summed E-state index contributed by atoms with van der Waals surface area (Å²) in [5.74, 6) is 1.73. The molecule has 0 unspecified atom stereocenters. The van der Waals surface area contributed by atoms with Crippen molar-refractivity contribution in [1.82, 2.24) is 9.55 Å². The highest BCUT2D eigenvalue weighted by Crippen LogP contribution is 2.19. The van der Waals surface area contributed by atoms with Gasteiger partial charge in [0, 0.05) is 25.5 Å². The van der Waals surface area contributed by atoms with Crippen molar-refractivity contribution in [3.05, 3.63) is 48.0 Å². The van der Waals surface area contributed by atoms with Crippen LogP contribution in [-0.2, 0) is 19.6 Å². The Morgan fingerprint density at radius 1 is 1.33 bits per heavy atom. The number of imidazole rings is 1. The molecular weight excluding hydrogens is 228 g/mol. The van der Waals surface area contributed by atoms with Crippen molar-refractivity contribution in [1.29, 1.82) is 0 Å². The van der Waals surface area contributed by atoms with E-state index in [2.05, 4.69) is 16.5 Å². The smallest absolute Gasteiger partial charge is 0.146 e. The molecule has 0 aliphatic rings. The quantitative estimate of drug-likeness (QED) is 0.848. The molecule has 0 aliphatic heterocycles. The lowest BCUT2D eigenvalue weighted by Crippen LogP contribution is -2.06. The zero-order valence-corrected chi connectivity index (χ0v) is 10.5. The van der Waals surface area contributed by atoms with Crippen LogP contribution in [0.3, 0.4) is 0 Å². The van der Waals surface area contributed by atoms with E-state index in [1.807, 2.05) is 30.5 Å². The minimum absolute atomic E-state index is 0.129. The summed E-state index contributed by atoms with van der Waals surface area (Å²) in [5, 5.41) is 9.01. The molecule has 0 radical (unpaired) electrons. The molecule has 0 saturated heterocycles. The zero-order valence-electron chi connectivity index (χ0n) is 10.5. The number of ether oxygens (including phenoxy) is 1. The monoisotopic (exact) mass is 246 g/mol. The van der Waals surface area contributed by atoms with Crippen molar-refractivity contribution >= 4 is 0 Å². The van der Waals surface area contributed by atoms with Crippen molar-refractivity contribution in [3.8, 4) is 5.75 Å². The Hall–Kier alpha value is -1.81. The second kappa shape index (κ2) is 6.21. The van der Waals surface area contributed by atoms with Crippen LogP contribution in [0.25, 0.3) is 0 Å². The largest absolute Gasteiger partial charge is 0.485 e. The summed E-state index contributed by atoms with van der Waals surface area (Å²) >= 11 is 0. The number of aliphatic hydroxyl groups is 1. The molecule has 0 amide bonds. The van der Waals surface area contributed by atoms with Gasteiger partial charge in [0.15, 0.2) is 0 Å². The third kappa shape index (κ3) is 2.90. The number of aryl methyl sites for hydroxylation is 1. The Morgan fingerprint density at radius 3 is 2.94 bits per heavy atom. The Morgan fingerprint density at radius 2 is 2.17 bits per heavy atom. The summed E-state index contributed by atoms with van der Waals surface area (Å²) in [4.78, 5) is 4.27. The van der Waals surface area contributed by atoms with Gasteiger partial charge in [-0.1, -0.05) is 18.2 Å². The average molecular weight is 246 g/mol. The van der Waals surface area contributed by atoms with Gasteiger partial charge in [0.25, 0.3) is 0 Å². The summed E-state index contributed by atoms with van der Waals surface area (Å²) in [6.45, 7) is 3.54. The highest BCUT2D eigenvalue weighted by molar-refractivity contribution is 5.33. The van der Waals surface area contributed by atoms with Gasteiger partial charge in [-0.25, -0.2) is 4.98 Å². The molecule has 1 heterocycles. The maximum atomic E-state index is 9.01. The van der Waals surface area contributed by atoms with Gasteiger partial charge < -0.3 is 14.4 Å². The van der Waals surface area contributed by atoms with E-state index in [0.29, 0.717) is 13.0 Å². The van der Waals surface area contributed by atoms with Crippen molar-refractivity contribution in [2.24, 2.45) is 0 Å². The predicted molar refractivity (Wildman–Crippen MR) is 69.5 cm³/mol. The first-order valence-electron chi connectivity index (χ1n) is 6.16. The fourth-order valence-electron chi connectivity index (χ4n) is 1.88. The van der Waals surface area contributed by atoms with Crippen LogP contribution in [0.2, 0.25) is 0 Å². The lowest BCUT2D eigenvalue weighted by Gasteiger charge is -2.11. The molecule has 0 atom stereocenters. The highest BCUT2D eigenvalue weighted by atomic mass is 16.5. The molecular formula is C14H18N2O2. The van der Waals surface area contributed by atoms with Gasteiger partial charge in [0.05, 0.1) is 0 Å². The Kier molecular flexibility index (Phi) is 4.36. The van der Waals surface area contributed by atoms with Gasteiger partial charge in [0.2, 0.25) is 0 Å². The van der Waals surface area contributed by atoms with E-state index in [1.54, 1.807) is 6.20 Å². The topological polar surface area (TPSA) is 47.3 Å². The standard InChI is InChI=1S/C14H18N2O2/c1-2-16-9-8-15-14(16)11-18-13-6-4-3-5-12(13)7-10-17/h3-6,8-9,17H,2,7,10-11H2,1H3. The molecule has 0 spiro atoms. The van der Waals surface area contributed by atoms with Gasteiger partial charge in [-0.3, -0.25) is 0 Å². The number of rotatable bonds is 6. The number of aromatic nitrogens is 2. The number of benzene rings is 1. The van der Waals surface area contributed by atoms with Gasteiger partial charge in [-0.2, -0.15) is 0 Å². The van der Waals surface area contributed by atoms with Crippen LogP contribution < -0.4 is 4.74 Å². The first-order valence-corrected chi connectivity index (χ1v) is 6.16. The lowest BCUT2D eigenvalue weighted by atomic mass is 10.1. The number of para-hydroxylation sites is 1. The first-order chi connectivity index (χ1) is 8.85.